The van der Waals surface area contributed by atoms with Crippen LogP contribution in [0.3, 0.4) is 0 Å². The lowest BCUT2D eigenvalue weighted by molar-refractivity contribution is 0.0843. The summed E-state index contributed by atoms with van der Waals surface area (Å²) in [7, 11) is -4.00. The van der Waals surface area contributed by atoms with Crippen molar-refractivity contribution in [2.75, 3.05) is 13.2 Å². The second kappa shape index (κ2) is 8.38. The second-order valence-corrected chi connectivity index (χ2v) is 7.82. The van der Waals surface area contributed by atoms with Crippen molar-refractivity contribution in [2.45, 2.75) is 22.6 Å². The Kier molecular flexibility index (Phi) is 6.49. The Labute approximate surface area is 144 Å². The molecule has 10 heteroatoms. The maximum absolute atomic E-state index is 11.9. The molecule has 2 atom stereocenters. The molecule has 0 radical (unpaired) electrons. The molecule has 1 saturated heterocycles. The fourth-order valence-electron chi connectivity index (χ4n) is 1.75. The minimum absolute atomic E-state index is 0.00121. The predicted molar refractivity (Wildman–Crippen MR) is 91.6 cm³/mol. The number of aliphatic hydroxyl groups is 1. The van der Waals surface area contributed by atoms with E-state index < -0.39 is 10.1 Å². The summed E-state index contributed by atoms with van der Waals surface area (Å²) in [4.78, 5) is 0.00121. The molecule has 1 fully saturated rings. The lowest BCUT2D eigenvalue weighted by atomic mass is 10.2. The monoisotopic (exact) mass is 373 g/mol. The van der Waals surface area contributed by atoms with Gasteiger partial charge in [0.2, 0.25) is 0 Å². The number of amidine groups is 1. The zero-order valence-corrected chi connectivity index (χ0v) is 14.6. The molecular weight excluding hydrogens is 354 g/mol. The van der Waals surface area contributed by atoms with Gasteiger partial charge in [-0.1, -0.05) is 17.7 Å². The normalized spacial score (nSPS) is 22.0. The first kappa shape index (κ1) is 18.6. The Bertz CT molecular complexity index is 704. The van der Waals surface area contributed by atoms with Crippen molar-refractivity contribution in [3.63, 3.8) is 0 Å². The van der Waals surface area contributed by atoms with Crippen LogP contribution in [0, 0.1) is 6.92 Å². The highest BCUT2D eigenvalue weighted by Crippen LogP contribution is 2.24. The van der Waals surface area contributed by atoms with E-state index in [2.05, 4.69) is 14.8 Å². The van der Waals surface area contributed by atoms with Crippen molar-refractivity contribution in [3.8, 4) is 0 Å². The molecule has 1 aliphatic heterocycles. The molecule has 1 heterocycles. The molecule has 2 rings (SSSR count). The number of nitrogens with one attached hydrogen (secondary N) is 1. The number of oxime groups is 1. The van der Waals surface area contributed by atoms with Crippen molar-refractivity contribution >= 4 is 27.7 Å². The van der Waals surface area contributed by atoms with Crippen molar-refractivity contribution < 1.29 is 22.5 Å². The number of aryl methyl sites for hydroxylation is 1. The average Bonchev–Trinajstić information content (AvgIpc) is 3.01. The molecule has 132 valence electrons. The van der Waals surface area contributed by atoms with E-state index in [1.807, 2.05) is 6.92 Å². The first-order chi connectivity index (χ1) is 11.4. The van der Waals surface area contributed by atoms with Gasteiger partial charge in [0.05, 0.1) is 18.6 Å². The summed E-state index contributed by atoms with van der Waals surface area (Å²) in [5.41, 5.74) is 6.27. The second-order valence-electron chi connectivity index (χ2n) is 4.93. The number of nitrogens with two attached hydrogens (primary N) is 1. The molecule has 0 aromatic heterocycles. The number of ether oxygens (including phenoxy) is 1. The summed E-state index contributed by atoms with van der Waals surface area (Å²) in [6.07, 6.45) is 2.89. The highest BCUT2D eigenvalue weighted by Gasteiger charge is 2.24. The van der Waals surface area contributed by atoms with Gasteiger partial charge in [0.25, 0.3) is 0 Å². The summed E-state index contributed by atoms with van der Waals surface area (Å²) < 4.78 is 33.7. The number of nitrogens with zero attached hydrogens (tertiary/aromatic N) is 1. The first-order valence-electron chi connectivity index (χ1n) is 7.05. The van der Waals surface area contributed by atoms with Crippen LogP contribution in [0.1, 0.15) is 5.56 Å². The topological polar surface area (TPSA) is 123 Å². The van der Waals surface area contributed by atoms with Crippen LogP contribution >= 0.6 is 11.8 Å². The van der Waals surface area contributed by atoms with Crippen molar-refractivity contribution in [1.82, 2.24) is 5.32 Å². The Morgan fingerprint density at radius 2 is 2.25 bits per heavy atom. The number of hydrogen-bond donors (Lipinski definition) is 3. The quantitative estimate of drug-likeness (QED) is 0.358. The van der Waals surface area contributed by atoms with Crippen LogP contribution in [0.4, 0.5) is 0 Å². The van der Waals surface area contributed by atoms with Crippen LogP contribution in [0.25, 0.3) is 0 Å². The standard InChI is InChI=1S/C14H19N3O5S2/c1-10-2-4-11(5-3-10)24(19,20)22-17-12(15)6-7-16-13-9-21-14(8-18)23-13/h2-7,13-14,16,18H,8-9H2,1H3,(H2,15,17)/b7-6-/t13-,14-/m1/s1. The van der Waals surface area contributed by atoms with Crippen LogP contribution < -0.4 is 11.1 Å². The van der Waals surface area contributed by atoms with Gasteiger partial charge >= 0.3 is 10.1 Å². The van der Waals surface area contributed by atoms with E-state index in [0.717, 1.165) is 5.56 Å². The van der Waals surface area contributed by atoms with Crippen molar-refractivity contribution in [1.29, 1.82) is 0 Å². The maximum Gasteiger partial charge on any atom is 0.358 e. The molecule has 1 aromatic rings. The molecular formula is C14H19N3O5S2. The molecule has 0 bridgehead atoms. The number of aliphatic hydroxyl groups excluding tert-OH is 1. The summed E-state index contributed by atoms with van der Waals surface area (Å²) in [6.45, 7) is 2.23. The predicted octanol–water partition coefficient (Wildman–Crippen LogP) is 0.484. The minimum Gasteiger partial charge on any atom is -0.393 e. The third-order valence-corrected chi connectivity index (χ3v) is 5.29. The SMILES string of the molecule is Cc1ccc(S(=O)(=O)ON=C(N)/C=C\N[C@H]2CO[C@@H](CO)S2)cc1. The van der Waals surface area contributed by atoms with E-state index in [1.165, 1.54) is 36.2 Å². The first-order valence-corrected chi connectivity index (χ1v) is 9.40. The van der Waals surface area contributed by atoms with E-state index in [0.29, 0.717) is 6.61 Å². The lowest BCUT2D eigenvalue weighted by Gasteiger charge is -2.06. The van der Waals surface area contributed by atoms with Crippen molar-refractivity contribution in [2.24, 2.45) is 10.9 Å². The molecule has 1 aliphatic rings. The van der Waals surface area contributed by atoms with E-state index >= 15 is 0 Å². The van der Waals surface area contributed by atoms with Crippen LogP contribution in [0.5, 0.6) is 0 Å². The molecule has 0 amide bonds. The largest absolute Gasteiger partial charge is 0.393 e. The number of rotatable bonds is 7. The molecule has 24 heavy (non-hydrogen) atoms. The highest BCUT2D eigenvalue weighted by molar-refractivity contribution is 8.00. The lowest BCUT2D eigenvalue weighted by Crippen LogP contribution is -2.22. The summed E-state index contributed by atoms with van der Waals surface area (Å²) in [5.74, 6) is -0.110. The number of benzene rings is 1. The van der Waals surface area contributed by atoms with Crippen LogP contribution in [0.2, 0.25) is 0 Å². The highest BCUT2D eigenvalue weighted by atomic mass is 32.2. The molecule has 0 aliphatic carbocycles. The van der Waals surface area contributed by atoms with Gasteiger partial charge in [-0.3, -0.25) is 4.28 Å². The van der Waals surface area contributed by atoms with Gasteiger partial charge in [-0.2, -0.15) is 8.42 Å². The van der Waals surface area contributed by atoms with Gasteiger partial charge in [-0.05, 0) is 30.3 Å². The zero-order chi connectivity index (χ0) is 17.6. The zero-order valence-electron chi connectivity index (χ0n) is 13.0. The van der Waals surface area contributed by atoms with Gasteiger partial charge in [0.15, 0.2) is 5.84 Å². The van der Waals surface area contributed by atoms with Gasteiger partial charge in [-0.15, -0.1) is 11.8 Å². The molecule has 8 nitrogen and oxygen atoms in total. The molecule has 0 saturated carbocycles. The van der Waals surface area contributed by atoms with Crippen LogP contribution in [-0.4, -0.2) is 43.4 Å². The molecule has 0 spiro atoms. The Morgan fingerprint density at radius 1 is 1.54 bits per heavy atom. The molecule has 1 aromatic carbocycles. The number of thioether (sulfide) groups is 1. The van der Waals surface area contributed by atoms with Gasteiger partial charge in [0, 0.05) is 6.20 Å². The smallest absolute Gasteiger partial charge is 0.358 e. The summed E-state index contributed by atoms with van der Waals surface area (Å²) >= 11 is 1.44. The van der Waals surface area contributed by atoms with E-state index in [1.54, 1.807) is 12.1 Å². The Hall–Kier alpha value is -1.75. The summed E-state index contributed by atoms with van der Waals surface area (Å²) in [6, 6.07) is 6.19. The fraction of sp³-hybridized carbons (Fsp3) is 0.357. The molecule has 4 N–H and O–H groups in total. The average molecular weight is 373 g/mol. The minimum atomic E-state index is -4.00. The van der Waals surface area contributed by atoms with E-state index in [-0.39, 0.29) is 28.1 Å². The van der Waals surface area contributed by atoms with Gasteiger partial charge < -0.3 is 20.9 Å². The van der Waals surface area contributed by atoms with Crippen molar-refractivity contribution in [3.05, 3.63) is 42.1 Å². The fourth-order valence-corrected chi connectivity index (χ4v) is 3.41. The summed E-state index contributed by atoms with van der Waals surface area (Å²) in [5, 5.41) is 15.3. The van der Waals surface area contributed by atoms with Crippen LogP contribution in [0.15, 0.2) is 46.6 Å². The van der Waals surface area contributed by atoms with Gasteiger partial charge in [0.1, 0.15) is 10.3 Å². The number of hydrogen-bond acceptors (Lipinski definition) is 8. The third-order valence-electron chi connectivity index (χ3n) is 2.99. The van der Waals surface area contributed by atoms with E-state index in [9.17, 15) is 8.42 Å². The Morgan fingerprint density at radius 3 is 2.88 bits per heavy atom. The Balaban J connectivity index is 1.86. The maximum atomic E-state index is 11.9. The molecule has 0 unspecified atom stereocenters. The van der Waals surface area contributed by atoms with Crippen LogP contribution in [-0.2, 0) is 19.1 Å². The van der Waals surface area contributed by atoms with E-state index in [4.69, 9.17) is 15.6 Å². The third kappa shape index (κ3) is 5.41. The van der Waals surface area contributed by atoms with Gasteiger partial charge in [-0.25, -0.2) is 0 Å².